The molecule has 0 aliphatic carbocycles. The van der Waals surface area contributed by atoms with E-state index in [2.05, 4.69) is 22.2 Å². The fourth-order valence-electron chi connectivity index (χ4n) is 3.59. The summed E-state index contributed by atoms with van der Waals surface area (Å²) in [5, 5.41) is 4.13. The second kappa shape index (κ2) is 6.72. The molecule has 2 aromatic carbocycles. The van der Waals surface area contributed by atoms with Crippen LogP contribution in [0.25, 0.3) is 5.69 Å². The SMILES string of the molecule is Cc1cc(-n2cncn2)ccc1C(=O)N1C[C@@H](N)[C@H](c2ccccc2)C1. The summed E-state index contributed by atoms with van der Waals surface area (Å²) in [4.78, 5) is 18.8. The smallest absolute Gasteiger partial charge is 0.254 e. The molecule has 0 radical (unpaired) electrons. The summed E-state index contributed by atoms with van der Waals surface area (Å²) in [5.74, 6) is 0.205. The normalized spacial score (nSPS) is 19.7. The summed E-state index contributed by atoms with van der Waals surface area (Å²) in [7, 11) is 0. The largest absolute Gasteiger partial charge is 0.336 e. The molecule has 1 saturated heterocycles. The number of likely N-dealkylation sites (tertiary alicyclic amines) is 1. The molecule has 26 heavy (non-hydrogen) atoms. The molecule has 0 spiro atoms. The first-order chi connectivity index (χ1) is 12.6. The highest BCUT2D eigenvalue weighted by Crippen LogP contribution is 2.28. The van der Waals surface area contributed by atoms with Crippen molar-refractivity contribution >= 4 is 5.91 Å². The van der Waals surface area contributed by atoms with Gasteiger partial charge in [0.15, 0.2) is 0 Å². The van der Waals surface area contributed by atoms with E-state index in [9.17, 15) is 4.79 Å². The molecule has 132 valence electrons. The Hall–Kier alpha value is -2.99. The van der Waals surface area contributed by atoms with Crippen LogP contribution < -0.4 is 5.73 Å². The van der Waals surface area contributed by atoms with Crippen molar-refractivity contribution in [2.75, 3.05) is 13.1 Å². The van der Waals surface area contributed by atoms with E-state index in [0.717, 1.165) is 11.3 Å². The lowest BCUT2D eigenvalue weighted by atomic mass is 9.95. The van der Waals surface area contributed by atoms with Crippen LogP contribution in [0.15, 0.2) is 61.2 Å². The van der Waals surface area contributed by atoms with E-state index < -0.39 is 0 Å². The fourth-order valence-corrected chi connectivity index (χ4v) is 3.59. The number of carbonyl (C=O) groups excluding carboxylic acids is 1. The molecule has 2 N–H and O–H groups in total. The predicted octanol–water partition coefficient (Wildman–Crippen LogP) is 2.14. The van der Waals surface area contributed by atoms with Gasteiger partial charge in [0.05, 0.1) is 5.69 Å². The first kappa shape index (κ1) is 16.5. The van der Waals surface area contributed by atoms with Crippen molar-refractivity contribution in [3.8, 4) is 5.69 Å². The summed E-state index contributed by atoms with van der Waals surface area (Å²) < 4.78 is 1.68. The summed E-state index contributed by atoms with van der Waals surface area (Å²) in [6, 6.07) is 15.8. The van der Waals surface area contributed by atoms with E-state index in [-0.39, 0.29) is 17.9 Å². The molecule has 0 bridgehead atoms. The summed E-state index contributed by atoms with van der Waals surface area (Å²) >= 11 is 0. The topological polar surface area (TPSA) is 77.0 Å². The van der Waals surface area contributed by atoms with E-state index in [0.29, 0.717) is 18.7 Å². The number of rotatable bonds is 3. The van der Waals surface area contributed by atoms with Gasteiger partial charge in [-0.05, 0) is 36.2 Å². The molecule has 6 nitrogen and oxygen atoms in total. The van der Waals surface area contributed by atoms with E-state index in [4.69, 9.17) is 5.73 Å². The molecule has 2 heterocycles. The monoisotopic (exact) mass is 347 g/mol. The van der Waals surface area contributed by atoms with Gasteiger partial charge in [-0.15, -0.1) is 0 Å². The molecular formula is C20H21N5O. The van der Waals surface area contributed by atoms with Gasteiger partial charge in [-0.3, -0.25) is 4.79 Å². The number of aryl methyl sites for hydroxylation is 1. The Balaban J connectivity index is 1.55. The van der Waals surface area contributed by atoms with Crippen LogP contribution in [0.2, 0.25) is 0 Å². The molecule has 3 aromatic rings. The first-order valence-corrected chi connectivity index (χ1v) is 8.69. The van der Waals surface area contributed by atoms with Crippen LogP contribution in [0.1, 0.15) is 27.4 Å². The van der Waals surface area contributed by atoms with Gasteiger partial charge in [0.2, 0.25) is 0 Å². The number of nitrogens with zero attached hydrogens (tertiary/aromatic N) is 4. The zero-order valence-corrected chi connectivity index (χ0v) is 14.6. The lowest BCUT2D eigenvalue weighted by molar-refractivity contribution is 0.0788. The quantitative estimate of drug-likeness (QED) is 0.787. The Labute approximate surface area is 152 Å². The lowest BCUT2D eigenvalue weighted by Crippen LogP contribution is -2.32. The van der Waals surface area contributed by atoms with E-state index in [1.54, 1.807) is 11.0 Å². The molecule has 1 aliphatic heterocycles. The van der Waals surface area contributed by atoms with Crippen LogP contribution in [0.5, 0.6) is 0 Å². The molecule has 2 atom stereocenters. The van der Waals surface area contributed by atoms with Crippen molar-refractivity contribution in [3.63, 3.8) is 0 Å². The highest BCUT2D eigenvalue weighted by atomic mass is 16.2. The Bertz CT molecular complexity index is 907. The van der Waals surface area contributed by atoms with Crippen molar-refractivity contribution in [2.45, 2.75) is 18.9 Å². The number of hydrogen-bond donors (Lipinski definition) is 1. The Morgan fingerprint density at radius 2 is 1.96 bits per heavy atom. The molecule has 1 aromatic heterocycles. The maximum absolute atomic E-state index is 13.0. The van der Waals surface area contributed by atoms with Crippen LogP contribution in [0, 0.1) is 6.92 Å². The fraction of sp³-hybridized carbons (Fsp3) is 0.250. The maximum atomic E-state index is 13.0. The number of aromatic nitrogens is 3. The van der Waals surface area contributed by atoms with Gasteiger partial charge in [-0.1, -0.05) is 30.3 Å². The highest BCUT2D eigenvalue weighted by Gasteiger charge is 2.34. The molecule has 1 amide bonds. The van der Waals surface area contributed by atoms with Gasteiger partial charge in [0, 0.05) is 30.6 Å². The maximum Gasteiger partial charge on any atom is 0.254 e. The van der Waals surface area contributed by atoms with E-state index in [1.807, 2.05) is 48.2 Å². The van der Waals surface area contributed by atoms with E-state index in [1.165, 1.54) is 11.9 Å². The number of hydrogen-bond acceptors (Lipinski definition) is 4. The number of amides is 1. The van der Waals surface area contributed by atoms with Crippen LogP contribution in [-0.4, -0.2) is 44.7 Å². The van der Waals surface area contributed by atoms with Gasteiger partial charge < -0.3 is 10.6 Å². The third kappa shape index (κ3) is 2.99. The minimum absolute atomic E-state index is 0.0292. The van der Waals surface area contributed by atoms with Crippen LogP contribution >= 0.6 is 0 Å². The third-order valence-electron chi connectivity index (χ3n) is 5.00. The van der Waals surface area contributed by atoms with Gasteiger partial charge in [-0.2, -0.15) is 5.10 Å². The highest BCUT2D eigenvalue weighted by molar-refractivity contribution is 5.96. The van der Waals surface area contributed by atoms with Crippen molar-refractivity contribution in [2.24, 2.45) is 5.73 Å². The predicted molar refractivity (Wildman–Crippen MR) is 99.2 cm³/mol. The van der Waals surface area contributed by atoms with Gasteiger partial charge >= 0.3 is 0 Å². The summed E-state index contributed by atoms with van der Waals surface area (Å²) in [6.45, 7) is 3.16. The standard InChI is InChI=1S/C20H21N5O/c1-14-9-16(25-13-22-12-23-25)7-8-17(14)20(26)24-10-18(19(21)11-24)15-5-3-2-4-6-15/h2-9,12-13,18-19H,10-11,21H2,1H3/t18-,19+/m0/s1. The second-order valence-electron chi connectivity index (χ2n) is 6.73. The molecule has 0 saturated carbocycles. The second-order valence-corrected chi connectivity index (χ2v) is 6.73. The van der Waals surface area contributed by atoms with Crippen molar-refractivity contribution < 1.29 is 4.79 Å². The summed E-state index contributed by atoms with van der Waals surface area (Å²) in [5.41, 5.74) is 10.0. The van der Waals surface area contributed by atoms with Crippen LogP contribution in [-0.2, 0) is 0 Å². The summed E-state index contributed by atoms with van der Waals surface area (Å²) in [6.07, 6.45) is 3.13. The van der Waals surface area contributed by atoms with Crippen molar-refractivity contribution in [1.29, 1.82) is 0 Å². The minimum atomic E-state index is -0.0453. The Morgan fingerprint density at radius 3 is 2.65 bits per heavy atom. The molecule has 4 rings (SSSR count). The number of carbonyl (C=O) groups is 1. The van der Waals surface area contributed by atoms with Crippen molar-refractivity contribution in [1.82, 2.24) is 19.7 Å². The molecule has 1 fully saturated rings. The number of nitrogens with two attached hydrogens (primary N) is 1. The third-order valence-corrected chi connectivity index (χ3v) is 5.00. The zero-order valence-electron chi connectivity index (χ0n) is 14.6. The Morgan fingerprint density at radius 1 is 1.15 bits per heavy atom. The minimum Gasteiger partial charge on any atom is -0.336 e. The lowest BCUT2D eigenvalue weighted by Gasteiger charge is -2.18. The zero-order chi connectivity index (χ0) is 18.1. The molecule has 6 heteroatoms. The first-order valence-electron chi connectivity index (χ1n) is 8.69. The van der Waals surface area contributed by atoms with Crippen LogP contribution in [0.3, 0.4) is 0 Å². The molecule has 1 aliphatic rings. The molecule has 0 unspecified atom stereocenters. The molecular weight excluding hydrogens is 326 g/mol. The van der Waals surface area contributed by atoms with Gasteiger partial charge in [0.1, 0.15) is 12.7 Å². The average molecular weight is 347 g/mol. The van der Waals surface area contributed by atoms with Crippen LogP contribution in [0.4, 0.5) is 0 Å². The average Bonchev–Trinajstić information content (AvgIpc) is 3.32. The number of benzene rings is 2. The Kier molecular flexibility index (Phi) is 4.26. The van der Waals surface area contributed by atoms with Gasteiger partial charge in [-0.25, -0.2) is 9.67 Å². The van der Waals surface area contributed by atoms with Gasteiger partial charge in [0.25, 0.3) is 5.91 Å². The van der Waals surface area contributed by atoms with Crippen molar-refractivity contribution in [3.05, 3.63) is 77.9 Å². The van der Waals surface area contributed by atoms with E-state index >= 15 is 0 Å².